The third-order valence-electron chi connectivity index (χ3n) is 13.3. The molecule has 5 nitrogen and oxygen atoms in total. The van der Waals surface area contributed by atoms with Gasteiger partial charge >= 0.3 is 0 Å². The first-order valence-corrected chi connectivity index (χ1v) is 21.4. The van der Waals surface area contributed by atoms with Crippen molar-refractivity contribution in [1.29, 1.82) is 0 Å². The maximum Gasteiger partial charge on any atom is 0.167 e. The molecule has 5 heteroatoms. The molecule has 0 radical (unpaired) electrons. The quantitative estimate of drug-likeness (QED) is 0.174. The smallest absolute Gasteiger partial charge is 0.167 e. The zero-order valence-electron chi connectivity index (χ0n) is 35.0. The van der Waals surface area contributed by atoms with E-state index >= 15 is 0 Å². The van der Waals surface area contributed by atoms with Crippen LogP contribution >= 0.6 is 0 Å². The molecule has 2 aliphatic rings. The average Bonchev–Trinajstić information content (AvgIpc) is 3.75. The summed E-state index contributed by atoms with van der Waals surface area (Å²) in [5.74, 6) is 3.41. The van der Waals surface area contributed by atoms with Crippen molar-refractivity contribution in [3.63, 3.8) is 0 Å². The monoisotopic (exact) mass is 798 g/mol. The summed E-state index contributed by atoms with van der Waals surface area (Å²) in [7, 11) is 0. The van der Waals surface area contributed by atoms with E-state index in [-0.39, 0.29) is 10.8 Å². The van der Waals surface area contributed by atoms with Gasteiger partial charge in [-0.05, 0) is 70.3 Å². The number of hydrogen-bond acceptors (Lipinski definition) is 4. The number of benzene rings is 8. The highest BCUT2D eigenvalue weighted by molar-refractivity contribution is 6.13. The van der Waals surface area contributed by atoms with Crippen molar-refractivity contribution in [2.24, 2.45) is 0 Å². The van der Waals surface area contributed by atoms with Crippen LogP contribution in [0, 0.1) is 0 Å². The van der Waals surface area contributed by atoms with Crippen LogP contribution in [0.15, 0.2) is 182 Å². The molecule has 0 bridgehead atoms. The summed E-state index contributed by atoms with van der Waals surface area (Å²) in [6.07, 6.45) is 0. The molecule has 0 saturated heterocycles. The van der Waals surface area contributed by atoms with Gasteiger partial charge in [-0.2, -0.15) is 0 Å². The summed E-state index contributed by atoms with van der Waals surface area (Å²) in [6.45, 7) is 9.28. The molecule has 0 N–H and O–H groups in total. The summed E-state index contributed by atoms with van der Waals surface area (Å²) >= 11 is 0. The molecule has 0 unspecified atom stereocenters. The molecule has 3 heterocycles. The molecule has 12 rings (SSSR count). The highest BCUT2D eigenvalue weighted by Gasteiger charge is 2.38. The van der Waals surface area contributed by atoms with E-state index in [0.717, 1.165) is 56.1 Å². The van der Waals surface area contributed by atoms with Crippen molar-refractivity contribution in [2.75, 3.05) is 0 Å². The lowest BCUT2D eigenvalue weighted by molar-refractivity contribution is 0.421. The summed E-state index contributed by atoms with van der Waals surface area (Å²) < 4.78 is 9.70. The molecule has 296 valence electrons. The van der Waals surface area contributed by atoms with Crippen LogP contribution in [0.25, 0.3) is 83.9 Å². The van der Waals surface area contributed by atoms with Gasteiger partial charge in [0.2, 0.25) is 0 Å². The van der Waals surface area contributed by atoms with Crippen LogP contribution in [-0.4, -0.2) is 19.5 Å². The van der Waals surface area contributed by atoms with Crippen LogP contribution in [0.5, 0.6) is 11.5 Å². The van der Waals surface area contributed by atoms with Crippen LogP contribution in [0.3, 0.4) is 0 Å². The largest absolute Gasteiger partial charge is 0.455 e. The molecule has 2 aromatic heterocycles. The van der Waals surface area contributed by atoms with Crippen LogP contribution in [0.1, 0.15) is 49.9 Å². The molecule has 0 amide bonds. The zero-order valence-corrected chi connectivity index (χ0v) is 35.0. The summed E-state index contributed by atoms with van der Waals surface area (Å²) in [5, 5.41) is 2.43. The lowest BCUT2D eigenvalue weighted by Gasteiger charge is -2.36. The van der Waals surface area contributed by atoms with Gasteiger partial charge in [0.15, 0.2) is 17.5 Å². The van der Waals surface area contributed by atoms with Crippen molar-refractivity contribution in [2.45, 2.75) is 38.5 Å². The zero-order chi connectivity index (χ0) is 41.7. The summed E-state index contributed by atoms with van der Waals surface area (Å²) in [4.78, 5) is 15.2. The molecule has 0 saturated carbocycles. The molecule has 10 aromatic rings. The number of hydrogen-bond donors (Lipinski definition) is 0. The molecular formula is C57H42N4O. The van der Waals surface area contributed by atoms with Crippen molar-refractivity contribution in [3.05, 3.63) is 204 Å². The second-order valence-electron chi connectivity index (χ2n) is 17.6. The van der Waals surface area contributed by atoms with Gasteiger partial charge in [0, 0.05) is 55.1 Å². The standard InChI is InChI=1S/C57H42N4O/c1-56(2)45-27-15-14-24-40(45)42-33-44-43-32-37(30-31-49(43)61(50(44)34-48(42)56)38-22-12-7-13-23-38)39-25-16-28-46-51(39)62-52-41(26-17-29-47(52)57(46,3)4)55-59-53(35-18-8-5-9-19-35)58-54(60-55)36-20-10-6-11-21-36/h5-34H,1-4H3. The van der Waals surface area contributed by atoms with Gasteiger partial charge in [-0.25, -0.2) is 15.0 Å². The Morgan fingerprint density at radius 2 is 0.887 bits per heavy atom. The number of aromatic nitrogens is 4. The van der Waals surface area contributed by atoms with Crippen LogP contribution in [0.4, 0.5) is 0 Å². The third kappa shape index (κ3) is 5.37. The minimum atomic E-state index is -0.388. The van der Waals surface area contributed by atoms with E-state index in [0.29, 0.717) is 17.5 Å². The van der Waals surface area contributed by atoms with Crippen LogP contribution in [-0.2, 0) is 10.8 Å². The Kier molecular flexibility index (Phi) is 7.85. The van der Waals surface area contributed by atoms with Crippen LogP contribution < -0.4 is 4.74 Å². The van der Waals surface area contributed by atoms with Gasteiger partial charge in [-0.1, -0.05) is 167 Å². The van der Waals surface area contributed by atoms with Crippen molar-refractivity contribution in [1.82, 2.24) is 19.5 Å². The van der Waals surface area contributed by atoms with E-state index in [2.05, 4.69) is 154 Å². The van der Waals surface area contributed by atoms with Gasteiger partial charge in [-0.15, -0.1) is 0 Å². The first-order chi connectivity index (χ1) is 30.3. The number of ether oxygens (including phenoxy) is 1. The van der Waals surface area contributed by atoms with Gasteiger partial charge in [0.25, 0.3) is 0 Å². The van der Waals surface area contributed by atoms with E-state index in [9.17, 15) is 0 Å². The van der Waals surface area contributed by atoms with Gasteiger partial charge in [-0.3, -0.25) is 0 Å². The normalized spacial score (nSPS) is 14.2. The van der Waals surface area contributed by atoms with E-state index in [1.165, 1.54) is 44.1 Å². The fraction of sp³-hybridized carbons (Fsp3) is 0.105. The molecule has 0 spiro atoms. The maximum absolute atomic E-state index is 7.27. The Hall–Kier alpha value is -7.63. The first-order valence-electron chi connectivity index (χ1n) is 21.4. The third-order valence-corrected chi connectivity index (χ3v) is 13.3. The lowest BCUT2D eigenvalue weighted by atomic mass is 9.74. The summed E-state index contributed by atoms with van der Waals surface area (Å²) in [5.41, 5.74) is 15.4. The predicted molar refractivity (Wildman–Crippen MR) is 252 cm³/mol. The molecular weight excluding hydrogens is 757 g/mol. The number of nitrogens with zero attached hydrogens (tertiary/aromatic N) is 4. The first kappa shape index (κ1) is 36.2. The molecule has 1 aliphatic heterocycles. The number of fused-ring (bicyclic) bond motifs is 8. The topological polar surface area (TPSA) is 52.8 Å². The molecule has 8 aromatic carbocycles. The highest BCUT2D eigenvalue weighted by Crippen LogP contribution is 2.55. The predicted octanol–water partition coefficient (Wildman–Crippen LogP) is 14.4. The SMILES string of the molecule is CC1(C)c2ccccc2-c2cc3c4cc(-c5cccc6c5Oc5c(-c7nc(-c8ccccc8)nc(-c8ccccc8)n7)cccc5C6(C)C)ccc4n(-c4ccccc4)c3cc21. The summed E-state index contributed by atoms with van der Waals surface area (Å²) in [6, 6.07) is 64.6. The number of para-hydroxylation sites is 3. The Labute approximate surface area is 361 Å². The Balaban J connectivity index is 1.05. The highest BCUT2D eigenvalue weighted by atomic mass is 16.5. The molecule has 1 aliphatic carbocycles. The fourth-order valence-corrected chi connectivity index (χ4v) is 10.1. The fourth-order valence-electron chi connectivity index (χ4n) is 10.1. The second-order valence-corrected chi connectivity index (χ2v) is 17.6. The van der Waals surface area contributed by atoms with Gasteiger partial charge in [0.05, 0.1) is 16.6 Å². The van der Waals surface area contributed by atoms with Crippen molar-refractivity contribution in [3.8, 4) is 73.6 Å². The Morgan fingerprint density at radius 3 is 1.56 bits per heavy atom. The van der Waals surface area contributed by atoms with Gasteiger partial charge < -0.3 is 9.30 Å². The Bertz CT molecular complexity index is 3360. The van der Waals surface area contributed by atoms with Crippen LogP contribution in [0.2, 0.25) is 0 Å². The minimum Gasteiger partial charge on any atom is -0.455 e. The Morgan fingerprint density at radius 1 is 0.371 bits per heavy atom. The minimum absolute atomic E-state index is 0.112. The lowest BCUT2D eigenvalue weighted by Crippen LogP contribution is -2.25. The molecule has 0 atom stereocenters. The molecule has 62 heavy (non-hydrogen) atoms. The molecule has 0 fully saturated rings. The van der Waals surface area contributed by atoms with E-state index in [4.69, 9.17) is 19.7 Å². The van der Waals surface area contributed by atoms with Crippen molar-refractivity contribution < 1.29 is 4.74 Å². The van der Waals surface area contributed by atoms with E-state index in [1.54, 1.807) is 0 Å². The maximum atomic E-state index is 7.27. The number of rotatable bonds is 5. The van der Waals surface area contributed by atoms with E-state index in [1.807, 2.05) is 60.7 Å². The van der Waals surface area contributed by atoms with Crippen molar-refractivity contribution >= 4 is 21.8 Å². The van der Waals surface area contributed by atoms with Gasteiger partial charge in [0.1, 0.15) is 11.5 Å². The average molecular weight is 799 g/mol. The van der Waals surface area contributed by atoms with E-state index < -0.39 is 0 Å². The second kappa shape index (κ2) is 13.4.